The van der Waals surface area contributed by atoms with E-state index < -0.39 is 32.5 Å². The van der Waals surface area contributed by atoms with Gasteiger partial charge >= 0.3 is 0 Å². The summed E-state index contributed by atoms with van der Waals surface area (Å²) < 4.78 is 58.4. The number of rotatable bonds is 9. The Balaban J connectivity index is 1.72. The minimum atomic E-state index is -3.83. The minimum Gasteiger partial charge on any atom is -0.495 e. The van der Waals surface area contributed by atoms with Gasteiger partial charge in [0.05, 0.1) is 29.0 Å². The third-order valence-electron chi connectivity index (χ3n) is 4.83. The number of hydrogen-bond acceptors (Lipinski definition) is 6. The molecule has 0 unspecified atom stereocenters. The van der Waals surface area contributed by atoms with Crippen molar-refractivity contribution in [3.05, 3.63) is 77.3 Å². The van der Waals surface area contributed by atoms with Crippen molar-refractivity contribution in [1.29, 1.82) is 0 Å². The van der Waals surface area contributed by atoms with Crippen molar-refractivity contribution in [2.45, 2.75) is 11.8 Å². The normalized spacial score (nSPS) is 11.5. The van der Waals surface area contributed by atoms with E-state index in [0.29, 0.717) is 17.1 Å². The summed E-state index contributed by atoms with van der Waals surface area (Å²) in [7, 11) is -6.22. The Morgan fingerprint density at radius 3 is 2.23 bits per heavy atom. The number of benzene rings is 3. The molecule has 12 heteroatoms. The van der Waals surface area contributed by atoms with Crippen LogP contribution < -0.4 is 19.1 Å². The summed E-state index contributed by atoms with van der Waals surface area (Å²) >= 11 is 6.10. The van der Waals surface area contributed by atoms with Crippen LogP contribution in [0.4, 0.5) is 17.1 Å². The topological polar surface area (TPSA) is 122 Å². The monoisotopic (exact) mass is 537 g/mol. The number of sulfonamides is 2. The summed E-state index contributed by atoms with van der Waals surface area (Å²) in [6.45, 7) is 1.33. The highest BCUT2D eigenvalue weighted by atomic mass is 35.5. The predicted molar refractivity (Wildman–Crippen MR) is 137 cm³/mol. The number of carbonyl (C=O) groups excluding carboxylic acids is 1. The first-order valence-electron chi connectivity index (χ1n) is 10.2. The summed E-state index contributed by atoms with van der Waals surface area (Å²) in [6, 6.07) is 16.8. The number of aryl methyl sites for hydroxylation is 1. The molecule has 2 N–H and O–H groups in total. The average Bonchev–Trinajstić information content (AvgIpc) is 2.77. The van der Waals surface area contributed by atoms with Gasteiger partial charge in [0.1, 0.15) is 12.3 Å². The zero-order valence-corrected chi connectivity index (χ0v) is 21.5. The molecule has 0 saturated carbocycles. The number of hydrogen-bond donors (Lipinski definition) is 2. The second kappa shape index (κ2) is 10.5. The van der Waals surface area contributed by atoms with Crippen molar-refractivity contribution in [3.8, 4) is 5.75 Å². The van der Waals surface area contributed by atoms with E-state index in [9.17, 15) is 21.6 Å². The summed E-state index contributed by atoms with van der Waals surface area (Å²) in [5.41, 5.74) is 1.83. The van der Waals surface area contributed by atoms with E-state index in [0.717, 1.165) is 16.1 Å². The SMILES string of the molecule is COc1ccc(N(CC(=O)Nc2ccc(S(=O)(=O)Nc3cccc(C)c3)cc2)S(C)(=O)=O)cc1Cl. The van der Waals surface area contributed by atoms with E-state index in [1.165, 1.54) is 49.6 Å². The van der Waals surface area contributed by atoms with E-state index >= 15 is 0 Å². The molecule has 35 heavy (non-hydrogen) atoms. The lowest BCUT2D eigenvalue weighted by molar-refractivity contribution is -0.114. The van der Waals surface area contributed by atoms with E-state index in [-0.39, 0.29) is 15.6 Å². The number of ether oxygens (including phenoxy) is 1. The van der Waals surface area contributed by atoms with Gasteiger partial charge in [-0.3, -0.25) is 13.8 Å². The molecule has 0 spiro atoms. The quantitative estimate of drug-likeness (QED) is 0.427. The molecule has 3 rings (SSSR count). The maximum Gasteiger partial charge on any atom is 0.261 e. The lowest BCUT2D eigenvalue weighted by Gasteiger charge is -2.22. The molecule has 0 aliphatic carbocycles. The standard InChI is InChI=1S/C23H24ClN3O6S2/c1-16-5-4-6-18(13-16)26-35(31,32)20-10-7-17(8-11-20)25-23(28)15-27(34(3,29)30)19-9-12-22(33-2)21(24)14-19/h4-14,26H,15H2,1-3H3,(H,25,28). The van der Waals surface area contributed by atoms with Crippen molar-refractivity contribution in [2.24, 2.45) is 0 Å². The van der Waals surface area contributed by atoms with Crippen molar-refractivity contribution >= 4 is 54.6 Å². The number of nitrogens with one attached hydrogen (secondary N) is 2. The lowest BCUT2D eigenvalue weighted by Crippen LogP contribution is -2.37. The molecule has 0 fully saturated rings. The van der Waals surface area contributed by atoms with Crippen LogP contribution in [0.3, 0.4) is 0 Å². The first kappa shape index (κ1) is 26.3. The molecule has 0 radical (unpaired) electrons. The maximum atomic E-state index is 12.6. The Labute approximate surface area is 209 Å². The molecule has 1 amide bonds. The van der Waals surface area contributed by atoms with Crippen LogP contribution in [-0.2, 0) is 24.8 Å². The van der Waals surface area contributed by atoms with Gasteiger partial charge in [-0.05, 0) is 67.1 Å². The number of amides is 1. The van der Waals surface area contributed by atoms with Gasteiger partial charge in [-0.2, -0.15) is 0 Å². The van der Waals surface area contributed by atoms with Crippen LogP contribution in [0.5, 0.6) is 5.75 Å². The highest BCUT2D eigenvalue weighted by Crippen LogP contribution is 2.30. The molecule has 0 aromatic heterocycles. The smallest absolute Gasteiger partial charge is 0.261 e. The van der Waals surface area contributed by atoms with Gasteiger partial charge in [0.2, 0.25) is 15.9 Å². The molecule has 0 saturated heterocycles. The van der Waals surface area contributed by atoms with Gasteiger partial charge in [0.25, 0.3) is 10.0 Å². The van der Waals surface area contributed by atoms with Crippen LogP contribution in [0, 0.1) is 6.92 Å². The summed E-state index contributed by atoms with van der Waals surface area (Å²) in [4.78, 5) is 12.6. The molecule has 186 valence electrons. The fourth-order valence-electron chi connectivity index (χ4n) is 3.18. The van der Waals surface area contributed by atoms with Crippen LogP contribution in [0.2, 0.25) is 5.02 Å². The predicted octanol–water partition coefficient (Wildman–Crippen LogP) is 3.86. The van der Waals surface area contributed by atoms with Crippen molar-refractivity contribution in [3.63, 3.8) is 0 Å². The van der Waals surface area contributed by atoms with Crippen LogP contribution in [0.1, 0.15) is 5.56 Å². The molecular weight excluding hydrogens is 514 g/mol. The first-order valence-corrected chi connectivity index (χ1v) is 13.9. The Bertz CT molecular complexity index is 1440. The summed E-state index contributed by atoms with van der Waals surface area (Å²) in [5.74, 6) is -0.267. The molecule has 3 aromatic carbocycles. The van der Waals surface area contributed by atoms with Gasteiger partial charge in [-0.25, -0.2) is 16.8 Å². The largest absolute Gasteiger partial charge is 0.495 e. The second-order valence-electron chi connectivity index (χ2n) is 7.64. The second-order valence-corrected chi connectivity index (χ2v) is 11.6. The molecule has 9 nitrogen and oxygen atoms in total. The molecule has 3 aromatic rings. The van der Waals surface area contributed by atoms with Gasteiger partial charge in [-0.1, -0.05) is 23.7 Å². The van der Waals surface area contributed by atoms with E-state index in [4.69, 9.17) is 16.3 Å². The zero-order valence-electron chi connectivity index (χ0n) is 19.1. The Morgan fingerprint density at radius 2 is 1.66 bits per heavy atom. The molecule has 0 aliphatic rings. The fraction of sp³-hybridized carbons (Fsp3) is 0.174. The lowest BCUT2D eigenvalue weighted by atomic mass is 10.2. The molecule has 0 bridgehead atoms. The third kappa shape index (κ3) is 6.87. The van der Waals surface area contributed by atoms with Crippen LogP contribution in [-0.4, -0.2) is 42.7 Å². The average molecular weight is 538 g/mol. The van der Waals surface area contributed by atoms with E-state index in [1.807, 2.05) is 13.0 Å². The van der Waals surface area contributed by atoms with Crippen LogP contribution >= 0.6 is 11.6 Å². The summed E-state index contributed by atoms with van der Waals surface area (Å²) in [5, 5.41) is 2.76. The highest BCUT2D eigenvalue weighted by molar-refractivity contribution is 7.92. The zero-order chi connectivity index (χ0) is 25.8. The number of nitrogens with zero attached hydrogens (tertiary/aromatic N) is 1. The first-order chi connectivity index (χ1) is 16.4. The van der Waals surface area contributed by atoms with E-state index in [1.54, 1.807) is 18.2 Å². The van der Waals surface area contributed by atoms with Gasteiger partial charge in [0.15, 0.2) is 0 Å². The Kier molecular flexibility index (Phi) is 7.93. The highest BCUT2D eigenvalue weighted by Gasteiger charge is 2.22. The van der Waals surface area contributed by atoms with Gasteiger partial charge in [0, 0.05) is 11.4 Å². The minimum absolute atomic E-state index is 0.00245. The third-order valence-corrected chi connectivity index (χ3v) is 7.66. The van der Waals surface area contributed by atoms with Crippen molar-refractivity contribution < 1.29 is 26.4 Å². The van der Waals surface area contributed by atoms with Crippen molar-refractivity contribution in [1.82, 2.24) is 0 Å². The van der Waals surface area contributed by atoms with Crippen LogP contribution in [0.15, 0.2) is 71.6 Å². The summed E-state index contributed by atoms with van der Waals surface area (Å²) in [6.07, 6.45) is 0.972. The van der Waals surface area contributed by atoms with Gasteiger partial charge < -0.3 is 10.1 Å². The molecule has 0 atom stereocenters. The number of carbonyl (C=O) groups is 1. The van der Waals surface area contributed by atoms with Crippen LogP contribution in [0.25, 0.3) is 0 Å². The molecule has 0 aliphatic heterocycles. The molecule has 0 heterocycles. The molecular formula is C23H24ClN3O6S2. The number of halogens is 1. The Hall–Kier alpha value is -3.28. The van der Waals surface area contributed by atoms with Crippen molar-refractivity contribution in [2.75, 3.05) is 34.3 Å². The Morgan fingerprint density at radius 1 is 0.971 bits per heavy atom. The van der Waals surface area contributed by atoms with Gasteiger partial charge in [-0.15, -0.1) is 0 Å². The maximum absolute atomic E-state index is 12.6. The number of anilines is 3. The van der Waals surface area contributed by atoms with E-state index in [2.05, 4.69) is 10.0 Å². The fourth-order valence-corrected chi connectivity index (χ4v) is 5.33. The number of methoxy groups -OCH3 is 1.